The molecule has 114 valence electrons. The van der Waals surface area contributed by atoms with Crippen LogP contribution in [0.15, 0.2) is 24.3 Å². The Labute approximate surface area is 121 Å². The van der Waals surface area contributed by atoms with E-state index in [1.54, 1.807) is 6.92 Å². The lowest BCUT2D eigenvalue weighted by Crippen LogP contribution is -2.11. The Hall–Kier alpha value is -2.71. The minimum Gasteiger partial charge on any atom is -0.462 e. The number of aromatic nitrogens is 4. The third kappa shape index (κ3) is 2.14. The van der Waals surface area contributed by atoms with E-state index in [-0.39, 0.29) is 28.7 Å². The highest BCUT2D eigenvalue weighted by atomic mass is 19.4. The molecule has 6 nitrogen and oxygen atoms in total. The van der Waals surface area contributed by atoms with Crippen molar-refractivity contribution >= 4 is 22.5 Å². The van der Waals surface area contributed by atoms with Crippen LogP contribution >= 0.6 is 0 Å². The van der Waals surface area contributed by atoms with Crippen LogP contribution in [0.1, 0.15) is 22.8 Å². The van der Waals surface area contributed by atoms with Crippen LogP contribution in [0.4, 0.5) is 13.2 Å². The molecule has 3 rings (SSSR count). The standard InChI is InChI=1S/C13H9F3N4O2/c1-2-22-12(21)8-6-7-4-3-5-9(13(14,15)16)10(7)20-11(8)17-18-19-20/h3-6H,2H2,1H3. The Kier molecular flexibility index (Phi) is 3.19. The van der Waals surface area contributed by atoms with Crippen molar-refractivity contribution in [2.45, 2.75) is 13.1 Å². The number of fused-ring (bicyclic) bond motifs is 3. The average molecular weight is 310 g/mol. The molecule has 0 fully saturated rings. The molecule has 0 saturated carbocycles. The monoisotopic (exact) mass is 310 g/mol. The van der Waals surface area contributed by atoms with Gasteiger partial charge in [-0.25, -0.2) is 4.79 Å². The summed E-state index contributed by atoms with van der Waals surface area (Å²) in [6.45, 7) is 1.76. The van der Waals surface area contributed by atoms with Gasteiger partial charge in [0, 0.05) is 5.39 Å². The maximum atomic E-state index is 13.2. The van der Waals surface area contributed by atoms with E-state index in [1.165, 1.54) is 18.2 Å². The SMILES string of the molecule is CCOC(=O)c1cc2cccc(C(F)(F)F)c2n2nnnc12. The van der Waals surface area contributed by atoms with Crippen molar-refractivity contribution in [1.29, 1.82) is 0 Å². The summed E-state index contributed by atoms with van der Waals surface area (Å²) < 4.78 is 45.3. The molecule has 0 spiro atoms. The van der Waals surface area contributed by atoms with Crippen LogP contribution in [0, 0.1) is 0 Å². The summed E-state index contributed by atoms with van der Waals surface area (Å²) >= 11 is 0. The van der Waals surface area contributed by atoms with E-state index in [9.17, 15) is 18.0 Å². The van der Waals surface area contributed by atoms with Crippen molar-refractivity contribution in [3.8, 4) is 0 Å². The van der Waals surface area contributed by atoms with Gasteiger partial charge in [-0.05, 0) is 29.5 Å². The van der Waals surface area contributed by atoms with Gasteiger partial charge in [-0.15, -0.1) is 5.10 Å². The summed E-state index contributed by atoms with van der Waals surface area (Å²) in [5, 5.41) is 10.8. The van der Waals surface area contributed by atoms with Gasteiger partial charge in [0.25, 0.3) is 0 Å². The number of alkyl halides is 3. The average Bonchev–Trinajstić information content (AvgIpc) is 2.94. The predicted octanol–water partition coefficient (Wildman–Crippen LogP) is 2.47. The first-order valence-corrected chi connectivity index (χ1v) is 6.31. The van der Waals surface area contributed by atoms with Crippen molar-refractivity contribution in [3.63, 3.8) is 0 Å². The third-order valence-electron chi connectivity index (χ3n) is 3.09. The molecule has 0 aliphatic carbocycles. The van der Waals surface area contributed by atoms with Gasteiger partial charge in [-0.3, -0.25) is 0 Å². The molecule has 0 unspecified atom stereocenters. The Morgan fingerprint density at radius 2 is 2.14 bits per heavy atom. The molecule has 0 bridgehead atoms. The molecule has 1 aromatic carbocycles. The maximum absolute atomic E-state index is 13.2. The first kappa shape index (κ1) is 14.2. The Balaban J connectivity index is 2.40. The lowest BCUT2D eigenvalue weighted by molar-refractivity contribution is -0.136. The molecule has 0 aliphatic rings. The lowest BCUT2D eigenvalue weighted by Gasteiger charge is -2.12. The van der Waals surface area contributed by atoms with Crippen molar-refractivity contribution in [2.24, 2.45) is 0 Å². The number of benzene rings is 1. The van der Waals surface area contributed by atoms with E-state index in [2.05, 4.69) is 15.5 Å². The fourth-order valence-corrected chi connectivity index (χ4v) is 2.23. The van der Waals surface area contributed by atoms with Gasteiger partial charge in [0.1, 0.15) is 5.56 Å². The molecular weight excluding hydrogens is 301 g/mol. The number of carbonyl (C=O) groups is 1. The zero-order valence-corrected chi connectivity index (χ0v) is 11.3. The maximum Gasteiger partial charge on any atom is 0.418 e. The highest BCUT2D eigenvalue weighted by Crippen LogP contribution is 2.35. The fraction of sp³-hybridized carbons (Fsp3) is 0.231. The summed E-state index contributed by atoms with van der Waals surface area (Å²) in [5.41, 5.74) is -1.15. The summed E-state index contributed by atoms with van der Waals surface area (Å²) in [4.78, 5) is 11.9. The van der Waals surface area contributed by atoms with Crippen molar-refractivity contribution in [3.05, 3.63) is 35.4 Å². The quantitative estimate of drug-likeness (QED) is 0.680. The molecule has 0 atom stereocenters. The molecule has 0 radical (unpaired) electrons. The van der Waals surface area contributed by atoms with Gasteiger partial charge >= 0.3 is 12.1 Å². The second-order valence-corrected chi connectivity index (χ2v) is 4.43. The highest BCUT2D eigenvalue weighted by molar-refractivity contribution is 6.01. The third-order valence-corrected chi connectivity index (χ3v) is 3.09. The van der Waals surface area contributed by atoms with Crippen molar-refractivity contribution in [1.82, 2.24) is 20.0 Å². The number of para-hydroxylation sites is 1. The van der Waals surface area contributed by atoms with Crippen molar-refractivity contribution in [2.75, 3.05) is 6.61 Å². The minimum absolute atomic E-state index is 0.0127. The summed E-state index contributed by atoms with van der Waals surface area (Å²) in [6, 6.07) is 4.95. The number of nitrogens with zero attached hydrogens (tertiary/aromatic N) is 4. The second kappa shape index (κ2) is 4.93. The van der Waals surface area contributed by atoms with Gasteiger partial charge in [0.2, 0.25) is 0 Å². The topological polar surface area (TPSA) is 69.4 Å². The van der Waals surface area contributed by atoms with Crippen LogP contribution in [0.5, 0.6) is 0 Å². The molecule has 0 saturated heterocycles. The number of carbonyl (C=O) groups excluding carboxylic acids is 1. The Bertz CT molecular complexity index is 873. The Morgan fingerprint density at radius 1 is 1.36 bits per heavy atom. The van der Waals surface area contributed by atoms with Crippen LogP contribution in [0.2, 0.25) is 0 Å². The molecule has 0 N–H and O–H groups in total. The molecule has 3 aromatic rings. The summed E-state index contributed by atoms with van der Waals surface area (Å²) in [5.74, 6) is -0.693. The zero-order valence-electron chi connectivity index (χ0n) is 11.3. The largest absolute Gasteiger partial charge is 0.462 e. The minimum atomic E-state index is -4.57. The normalized spacial score (nSPS) is 12.0. The van der Waals surface area contributed by atoms with Gasteiger partial charge in [0.15, 0.2) is 5.65 Å². The molecule has 9 heteroatoms. The lowest BCUT2D eigenvalue weighted by atomic mass is 10.1. The van der Waals surface area contributed by atoms with Gasteiger partial charge in [0.05, 0.1) is 17.7 Å². The van der Waals surface area contributed by atoms with Crippen molar-refractivity contribution < 1.29 is 22.7 Å². The number of ether oxygens (including phenoxy) is 1. The smallest absolute Gasteiger partial charge is 0.418 e. The van der Waals surface area contributed by atoms with Crippen LogP contribution < -0.4 is 0 Å². The van der Waals surface area contributed by atoms with Crippen LogP contribution in [0.25, 0.3) is 16.6 Å². The highest BCUT2D eigenvalue weighted by Gasteiger charge is 2.34. The number of rotatable bonds is 2. The van der Waals surface area contributed by atoms with E-state index in [0.717, 1.165) is 10.6 Å². The second-order valence-electron chi connectivity index (χ2n) is 4.43. The summed E-state index contributed by atoms with van der Waals surface area (Å²) in [6.07, 6.45) is -4.57. The van der Waals surface area contributed by atoms with E-state index in [4.69, 9.17) is 4.74 Å². The van der Waals surface area contributed by atoms with Crippen LogP contribution in [0.3, 0.4) is 0 Å². The number of halogens is 3. The van der Waals surface area contributed by atoms with E-state index < -0.39 is 17.7 Å². The number of esters is 1. The van der Waals surface area contributed by atoms with Crippen LogP contribution in [-0.4, -0.2) is 32.6 Å². The number of hydrogen-bond acceptors (Lipinski definition) is 5. The molecular formula is C13H9F3N4O2. The first-order chi connectivity index (χ1) is 10.4. The van der Waals surface area contributed by atoms with E-state index in [1.807, 2.05) is 0 Å². The number of tetrazole rings is 1. The Morgan fingerprint density at radius 3 is 2.82 bits per heavy atom. The van der Waals surface area contributed by atoms with E-state index in [0.29, 0.717) is 0 Å². The zero-order chi connectivity index (χ0) is 15.9. The number of pyridine rings is 1. The molecule has 2 heterocycles. The first-order valence-electron chi connectivity index (χ1n) is 6.31. The van der Waals surface area contributed by atoms with Gasteiger partial charge < -0.3 is 4.74 Å². The molecule has 0 amide bonds. The van der Waals surface area contributed by atoms with Gasteiger partial charge in [-0.2, -0.15) is 17.7 Å². The fourth-order valence-electron chi connectivity index (χ4n) is 2.23. The molecule has 0 aliphatic heterocycles. The van der Waals surface area contributed by atoms with E-state index >= 15 is 0 Å². The molecule has 22 heavy (non-hydrogen) atoms. The molecule has 2 aromatic heterocycles. The predicted molar refractivity (Wildman–Crippen MR) is 69.2 cm³/mol. The van der Waals surface area contributed by atoms with Gasteiger partial charge in [-0.1, -0.05) is 12.1 Å². The summed E-state index contributed by atoms with van der Waals surface area (Å²) in [7, 11) is 0. The van der Waals surface area contributed by atoms with Crippen LogP contribution in [-0.2, 0) is 10.9 Å². The number of hydrogen-bond donors (Lipinski definition) is 0.